The summed E-state index contributed by atoms with van der Waals surface area (Å²) in [6, 6.07) is 61.9. The van der Waals surface area contributed by atoms with Crippen LogP contribution in [-0.4, -0.2) is 9.38 Å². The lowest BCUT2D eigenvalue weighted by Gasteiger charge is -2.12. The van der Waals surface area contributed by atoms with Gasteiger partial charge in [-0.3, -0.25) is 4.40 Å². The molecule has 0 fully saturated rings. The predicted octanol–water partition coefficient (Wildman–Crippen LogP) is 12.5. The second-order valence-electron chi connectivity index (χ2n) is 13.1. The summed E-state index contributed by atoms with van der Waals surface area (Å²) < 4.78 is 2.31. The maximum absolute atomic E-state index is 5.07. The van der Waals surface area contributed by atoms with Crippen LogP contribution in [0.1, 0.15) is 0 Å². The Bertz CT molecular complexity index is 2880. The standard InChI is InChI=1S/C47H28N2/c1-2-9-31(10-3-1)46-47-42-28-33(23-24-38(42)43-17-8-18-44(48-46)49(43)47)30-21-19-29(20-22-30)32-11-6-12-34(27-32)35-25-26-41-37-14-5-4-13-36(37)40-16-7-15-39(35)45(40)41/h1-28H. The Kier molecular flexibility index (Phi) is 5.42. The van der Waals surface area contributed by atoms with E-state index in [2.05, 4.69) is 174 Å². The quantitative estimate of drug-likeness (QED) is 0.191. The first-order valence-electron chi connectivity index (χ1n) is 16.9. The molecule has 1 aliphatic carbocycles. The van der Waals surface area contributed by atoms with Gasteiger partial charge in [-0.1, -0.05) is 146 Å². The molecule has 3 heterocycles. The van der Waals surface area contributed by atoms with E-state index in [-0.39, 0.29) is 0 Å². The number of hydrogen-bond acceptors (Lipinski definition) is 1. The maximum Gasteiger partial charge on any atom is 0.138 e. The third kappa shape index (κ3) is 3.80. The van der Waals surface area contributed by atoms with Gasteiger partial charge < -0.3 is 0 Å². The molecule has 2 heteroatoms. The second-order valence-corrected chi connectivity index (χ2v) is 13.1. The van der Waals surface area contributed by atoms with Crippen molar-refractivity contribution >= 4 is 38.2 Å². The molecule has 0 unspecified atom stereocenters. The number of pyridine rings is 1. The van der Waals surface area contributed by atoms with Crippen molar-refractivity contribution in [3.05, 3.63) is 170 Å². The van der Waals surface area contributed by atoms with Crippen LogP contribution < -0.4 is 0 Å². The van der Waals surface area contributed by atoms with Crippen molar-refractivity contribution in [1.29, 1.82) is 0 Å². The highest BCUT2D eigenvalue weighted by atomic mass is 15.0. The summed E-state index contributed by atoms with van der Waals surface area (Å²) in [6.45, 7) is 0. The number of rotatable bonds is 4. The zero-order valence-electron chi connectivity index (χ0n) is 26.6. The largest absolute Gasteiger partial charge is 0.292 e. The molecule has 0 amide bonds. The highest BCUT2D eigenvalue weighted by Gasteiger charge is 2.22. The van der Waals surface area contributed by atoms with E-state index in [0.717, 1.165) is 16.9 Å². The van der Waals surface area contributed by atoms with Crippen LogP contribution in [0.3, 0.4) is 0 Å². The van der Waals surface area contributed by atoms with E-state index in [4.69, 9.17) is 4.98 Å². The normalized spacial score (nSPS) is 12.1. The lowest BCUT2D eigenvalue weighted by Crippen LogP contribution is -1.85. The van der Waals surface area contributed by atoms with Crippen molar-refractivity contribution in [3.63, 3.8) is 0 Å². The van der Waals surface area contributed by atoms with E-state index in [0.29, 0.717) is 0 Å². The Hall–Kier alpha value is -6.51. The van der Waals surface area contributed by atoms with Gasteiger partial charge in [0.1, 0.15) is 5.65 Å². The predicted molar refractivity (Wildman–Crippen MR) is 205 cm³/mol. The van der Waals surface area contributed by atoms with Crippen molar-refractivity contribution in [3.8, 4) is 66.9 Å². The Balaban J connectivity index is 0.983. The lowest BCUT2D eigenvalue weighted by molar-refractivity contribution is 1.31. The summed E-state index contributed by atoms with van der Waals surface area (Å²) in [5, 5.41) is 5.16. The van der Waals surface area contributed by atoms with E-state index in [1.807, 2.05) is 0 Å². The number of hydrogen-bond donors (Lipinski definition) is 0. The zero-order valence-corrected chi connectivity index (χ0v) is 26.6. The molecule has 226 valence electrons. The minimum Gasteiger partial charge on any atom is -0.292 e. The maximum atomic E-state index is 5.07. The minimum absolute atomic E-state index is 0.984. The summed E-state index contributed by atoms with van der Waals surface area (Å²) in [4.78, 5) is 5.07. The van der Waals surface area contributed by atoms with Gasteiger partial charge >= 0.3 is 0 Å². The molecule has 11 rings (SSSR count). The molecule has 10 aromatic rings. The monoisotopic (exact) mass is 620 g/mol. The molecule has 0 N–H and O–H groups in total. The van der Waals surface area contributed by atoms with Crippen LogP contribution in [0.4, 0.5) is 0 Å². The van der Waals surface area contributed by atoms with Crippen molar-refractivity contribution in [2.24, 2.45) is 0 Å². The Labute approximate surface area is 283 Å². The molecule has 49 heavy (non-hydrogen) atoms. The minimum atomic E-state index is 0.984. The second kappa shape index (κ2) is 10.00. The third-order valence-electron chi connectivity index (χ3n) is 10.5. The van der Waals surface area contributed by atoms with Crippen molar-refractivity contribution < 1.29 is 0 Å². The van der Waals surface area contributed by atoms with Gasteiger partial charge in [0.25, 0.3) is 0 Å². The van der Waals surface area contributed by atoms with Gasteiger partial charge in [-0.15, -0.1) is 0 Å². The van der Waals surface area contributed by atoms with Crippen molar-refractivity contribution in [1.82, 2.24) is 9.38 Å². The Morgan fingerprint density at radius 3 is 1.78 bits per heavy atom. The van der Waals surface area contributed by atoms with Gasteiger partial charge in [-0.05, 0) is 90.7 Å². The fraction of sp³-hybridized carbons (Fsp3) is 0. The first-order chi connectivity index (χ1) is 24.3. The first-order valence-corrected chi connectivity index (χ1v) is 16.9. The highest BCUT2D eigenvalue weighted by Crippen LogP contribution is 2.49. The lowest BCUT2D eigenvalue weighted by atomic mass is 9.92. The van der Waals surface area contributed by atoms with Crippen LogP contribution in [0.25, 0.3) is 105 Å². The molecule has 0 bridgehead atoms. The van der Waals surface area contributed by atoms with Crippen molar-refractivity contribution in [2.45, 2.75) is 0 Å². The smallest absolute Gasteiger partial charge is 0.138 e. The fourth-order valence-corrected chi connectivity index (χ4v) is 8.27. The SMILES string of the molecule is c1ccc(-c2nc3cccc4c5ccc(-c6ccc(-c7cccc(-c8ccc9c%10c(cccc8%10)-c8ccccc8-9)c7)cc6)cc5c2n34)cc1. The Morgan fingerprint density at radius 2 is 0.959 bits per heavy atom. The number of nitrogens with zero attached hydrogens (tertiary/aromatic N) is 2. The van der Waals surface area contributed by atoms with Gasteiger partial charge in [0.15, 0.2) is 0 Å². The third-order valence-corrected chi connectivity index (χ3v) is 10.5. The summed E-state index contributed by atoms with van der Waals surface area (Å²) >= 11 is 0. The van der Waals surface area contributed by atoms with Gasteiger partial charge in [0, 0.05) is 16.3 Å². The van der Waals surface area contributed by atoms with E-state index in [9.17, 15) is 0 Å². The molecule has 7 aromatic carbocycles. The van der Waals surface area contributed by atoms with Crippen LogP contribution in [0.5, 0.6) is 0 Å². The number of fused-ring (bicyclic) bond motifs is 6. The summed E-state index contributed by atoms with van der Waals surface area (Å²) in [5.41, 5.74) is 18.2. The molecule has 3 aromatic heterocycles. The van der Waals surface area contributed by atoms with Crippen LogP contribution in [0.15, 0.2) is 170 Å². The summed E-state index contributed by atoms with van der Waals surface area (Å²) in [7, 11) is 0. The van der Waals surface area contributed by atoms with Gasteiger partial charge in [-0.2, -0.15) is 0 Å². The van der Waals surface area contributed by atoms with Gasteiger partial charge in [0.2, 0.25) is 0 Å². The first kappa shape index (κ1) is 26.5. The molecular weight excluding hydrogens is 593 g/mol. The van der Waals surface area contributed by atoms with Crippen LogP contribution in [0.2, 0.25) is 0 Å². The fourth-order valence-electron chi connectivity index (χ4n) is 8.27. The summed E-state index contributed by atoms with van der Waals surface area (Å²) in [5.74, 6) is 0. The van der Waals surface area contributed by atoms with Crippen LogP contribution in [0, 0.1) is 0 Å². The molecule has 1 aliphatic rings. The molecule has 0 saturated heterocycles. The van der Waals surface area contributed by atoms with Crippen LogP contribution in [-0.2, 0) is 0 Å². The average molecular weight is 621 g/mol. The van der Waals surface area contributed by atoms with Gasteiger partial charge in [0.05, 0.1) is 16.7 Å². The Morgan fingerprint density at radius 1 is 0.347 bits per heavy atom. The van der Waals surface area contributed by atoms with E-state index < -0.39 is 0 Å². The number of benzene rings is 7. The zero-order chi connectivity index (χ0) is 32.1. The molecular formula is C47H28N2. The summed E-state index contributed by atoms with van der Waals surface area (Å²) in [6.07, 6.45) is 0. The highest BCUT2D eigenvalue weighted by molar-refractivity contribution is 6.19. The number of imidazole rings is 1. The average Bonchev–Trinajstić information content (AvgIpc) is 3.84. The van der Waals surface area contributed by atoms with E-state index in [1.54, 1.807) is 0 Å². The topological polar surface area (TPSA) is 17.3 Å². The molecule has 0 radical (unpaired) electrons. The molecule has 0 aliphatic heterocycles. The van der Waals surface area contributed by atoms with Gasteiger partial charge in [-0.25, -0.2) is 4.98 Å². The van der Waals surface area contributed by atoms with E-state index in [1.165, 1.54) is 88.2 Å². The molecule has 0 saturated carbocycles. The molecule has 0 spiro atoms. The molecule has 2 nitrogen and oxygen atoms in total. The van der Waals surface area contributed by atoms with Crippen molar-refractivity contribution in [2.75, 3.05) is 0 Å². The van der Waals surface area contributed by atoms with E-state index >= 15 is 0 Å². The number of aromatic nitrogens is 2. The molecule has 0 atom stereocenters. The van der Waals surface area contributed by atoms with Crippen LogP contribution >= 0.6 is 0 Å².